The molecule has 0 amide bonds. The van der Waals surface area contributed by atoms with Gasteiger partial charge in [0, 0.05) is 11.6 Å². The van der Waals surface area contributed by atoms with E-state index in [4.69, 9.17) is 22.2 Å². The Bertz CT molecular complexity index is 617. The maximum absolute atomic E-state index is 6.30. The molecule has 1 atom stereocenters. The van der Waals surface area contributed by atoms with Crippen LogP contribution in [0.15, 0.2) is 28.9 Å². The van der Waals surface area contributed by atoms with Crippen LogP contribution < -0.4 is 11.3 Å². The van der Waals surface area contributed by atoms with Crippen molar-refractivity contribution in [2.45, 2.75) is 19.5 Å². The summed E-state index contributed by atoms with van der Waals surface area (Å²) >= 11 is 9.77. The lowest BCUT2D eigenvalue weighted by atomic mass is 9.99. The van der Waals surface area contributed by atoms with Gasteiger partial charge in [0.05, 0.1) is 36.1 Å². The number of nitrogens with zero attached hydrogens (tertiary/aromatic N) is 2. The van der Waals surface area contributed by atoms with E-state index >= 15 is 0 Å². The van der Waals surface area contributed by atoms with Crippen LogP contribution in [0.25, 0.3) is 0 Å². The largest absolute Gasteiger partial charge is 0.383 e. The van der Waals surface area contributed by atoms with E-state index in [-0.39, 0.29) is 6.04 Å². The van der Waals surface area contributed by atoms with Gasteiger partial charge in [-0.1, -0.05) is 33.6 Å². The van der Waals surface area contributed by atoms with Crippen LogP contribution in [-0.2, 0) is 11.3 Å². The second-order valence-corrected chi connectivity index (χ2v) is 6.02. The standard InChI is InChI=1S/C14H18BrClN4O/c1-9-7-10(15)3-4-11(9)13(19-17)14-12(16)8-18-20(14)5-6-21-2/h3-4,7-8,13,19H,5-6,17H2,1-2H3. The molecule has 0 radical (unpaired) electrons. The van der Waals surface area contributed by atoms with E-state index in [0.29, 0.717) is 18.2 Å². The van der Waals surface area contributed by atoms with Gasteiger partial charge in [-0.2, -0.15) is 5.10 Å². The molecule has 0 fully saturated rings. The molecule has 0 bridgehead atoms. The first-order valence-corrected chi connectivity index (χ1v) is 7.68. The van der Waals surface area contributed by atoms with E-state index < -0.39 is 0 Å². The van der Waals surface area contributed by atoms with Gasteiger partial charge in [0.25, 0.3) is 0 Å². The smallest absolute Gasteiger partial charge is 0.0896 e. The van der Waals surface area contributed by atoms with Crippen molar-refractivity contribution in [3.8, 4) is 0 Å². The molecular weight excluding hydrogens is 356 g/mol. The Morgan fingerprint density at radius 3 is 2.90 bits per heavy atom. The molecule has 0 saturated heterocycles. The quantitative estimate of drug-likeness (QED) is 0.604. The Labute approximate surface area is 137 Å². The molecule has 2 aromatic rings. The predicted molar refractivity (Wildman–Crippen MR) is 87.2 cm³/mol. The zero-order chi connectivity index (χ0) is 15.4. The molecule has 0 aliphatic carbocycles. The highest BCUT2D eigenvalue weighted by atomic mass is 79.9. The summed E-state index contributed by atoms with van der Waals surface area (Å²) in [5.74, 6) is 5.78. The van der Waals surface area contributed by atoms with E-state index in [0.717, 1.165) is 21.3 Å². The zero-order valence-electron chi connectivity index (χ0n) is 11.9. The Balaban J connectivity index is 2.43. The molecule has 1 aromatic heterocycles. The van der Waals surface area contributed by atoms with Gasteiger partial charge in [-0.15, -0.1) is 0 Å². The topological polar surface area (TPSA) is 65.1 Å². The Morgan fingerprint density at radius 1 is 1.52 bits per heavy atom. The summed E-state index contributed by atoms with van der Waals surface area (Å²) in [5.41, 5.74) is 5.84. The van der Waals surface area contributed by atoms with Gasteiger partial charge in [-0.25, -0.2) is 5.43 Å². The molecule has 1 heterocycles. The third-order valence-electron chi connectivity index (χ3n) is 3.32. The first-order chi connectivity index (χ1) is 10.1. The molecule has 114 valence electrons. The number of ether oxygens (including phenoxy) is 1. The SMILES string of the molecule is COCCn1ncc(Cl)c1C(NN)c1ccc(Br)cc1C. The molecule has 7 heteroatoms. The summed E-state index contributed by atoms with van der Waals surface area (Å²) < 4.78 is 7.95. The van der Waals surface area contributed by atoms with Crippen LogP contribution in [-0.4, -0.2) is 23.5 Å². The Morgan fingerprint density at radius 2 is 2.29 bits per heavy atom. The number of aromatic nitrogens is 2. The van der Waals surface area contributed by atoms with Crippen molar-refractivity contribution in [1.29, 1.82) is 0 Å². The minimum absolute atomic E-state index is 0.232. The van der Waals surface area contributed by atoms with E-state index in [9.17, 15) is 0 Å². The maximum Gasteiger partial charge on any atom is 0.0896 e. The van der Waals surface area contributed by atoms with Gasteiger partial charge in [0.15, 0.2) is 0 Å². The molecule has 0 spiro atoms. The fourth-order valence-corrected chi connectivity index (χ4v) is 3.02. The summed E-state index contributed by atoms with van der Waals surface area (Å²) in [6.45, 7) is 3.21. The van der Waals surface area contributed by atoms with Crippen molar-refractivity contribution in [2.24, 2.45) is 5.84 Å². The minimum atomic E-state index is -0.232. The van der Waals surface area contributed by atoms with Gasteiger partial charge in [0.1, 0.15) is 0 Å². The number of nitrogens with two attached hydrogens (primary N) is 1. The second-order valence-electron chi connectivity index (χ2n) is 4.69. The lowest BCUT2D eigenvalue weighted by Crippen LogP contribution is -2.31. The third kappa shape index (κ3) is 3.64. The summed E-state index contributed by atoms with van der Waals surface area (Å²) in [5, 5.41) is 4.87. The molecule has 1 unspecified atom stereocenters. The van der Waals surface area contributed by atoms with Gasteiger partial charge in [0.2, 0.25) is 0 Å². The highest BCUT2D eigenvalue weighted by Gasteiger charge is 2.22. The van der Waals surface area contributed by atoms with Crippen LogP contribution in [0.4, 0.5) is 0 Å². The average molecular weight is 374 g/mol. The molecule has 0 saturated carbocycles. The predicted octanol–water partition coefficient (Wildman–Crippen LogP) is 2.81. The van der Waals surface area contributed by atoms with Crippen molar-refractivity contribution in [2.75, 3.05) is 13.7 Å². The second kappa shape index (κ2) is 7.38. The van der Waals surface area contributed by atoms with E-state index in [1.807, 2.05) is 29.8 Å². The number of hydrogen-bond acceptors (Lipinski definition) is 4. The number of hydrazine groups is 1. The van der Waals surface area contributed by atoms with Crippen LogP contribution in [0.5, 0.6) is 0 Å². The van der Waals surface area contributed by atoms with Crippen LogP contribution in [0.3, 0.4) is 0 Å². The summed E-state index contributed by atoms with van der Waals surface area (Å²) in [6, 6.07) is 5.82. The van der Waals surface area contributed by atoms with Crippen molar-refractivity contribution in [3.05, 3.63) is 50.7 Å². The highest BCUT2D eigenvalue weighted by molar-refractivity contribution is 9.10. The van der Waals surface area contributed by atoms with E-state index in [2.05, 4.69) is 26.5 Å². The normalized spacial score (nSPS) is 12.6. The highest BCUT2D eigenvalue weighted by Crippen LogP contribution is 2.30. The van der Waals surface area contributed by atoms with Gasteiger partial charge in [-0.05, 0) is 30.2 Å². The van der Waals surface area contributed by atoms with Crippen LogP contribution in [0.2, 0.25) is 5.02 Å². The fraction of sp³-hybridized carbons (Fsp3) is 0.357. The van der Waals surface area contributed by atoms with Gasteiger partial charge < -0.3 is 4.74 Å². The average Bonchev–Trinajstić information content (AvgIpc) is 2.81. The number of benzene rings is 1. The van der Waals surface area contributed by atoms with Gasteiger partial charge in [-0.3, -0.25) is 10.5 Å². The minimum Gasteiger partial charge on any atom is -0.383 e. The molecule has 21 heavy (non-hydrogen) atoms. The molecular formula is C14H18BrClN4O. The first kappa shape index (κ1) is 16.5. The molecule has 1 aromatic carbocycles. The van der Waals surface area contributed by atoms with E-state index in [1.165, 1.54) is 0 Å². The fourth-order valence-electron chi connectivity index (χ4n) is 2.29. The van der Waals surface area contributed by atoms with Crippen molar-refractivity contribution in [1.82, 2.24) is 15.2 Å². The monoisotopic (exact) mass is 372 g/mol. The van der Waals surface area contributed by atoms with Crippen molar-refractivity contribution in [3.63, 3.8) is 0 Å². The first-order valence-electron chi connectivity index (χ1n) is 6.50. The van der Waals surface area contributed by atoms with Crippen LogP contribution >= 0.6 is 27.5 Å². The lowest BCUT2D eigenvalue weighted by molar-refractivity contribution is 0.182. The van der Waals surface area contributed by atoms with Crippen molar-refractivity contribution < 1.29 is 4.74 Å². The number of rotatable bonds is 6. The summed E-state index contributed by atoms with van der Waals surface area (Å²) in [4.78, 5) is 0. The van der Waals surface area contributed by atoms with Gasteiger partial charge >= 0.3 is 0 Å². The molecule has 3 N–H and O–H groups in total. The number of halogens is 2. The molecule has 5 nitrogen and oxygen atoms in total. The summed E-state index contributed by atoms with van der Waals surface area (Å²) in [6.07, 6.45) is 1.63. The molecule has 2 rings (SSSR count). The lowest BCUT2D eigenvalue weighted by Gasteiger charge is -2.21. The van der Waals surface area contributed by atoms with E-state index in [1.54, 1.807) is 13.3 Å². The summed E-state index contributed by atoms with van der Waals surface area (Å²) in [7, 11) is 1.66. The number of aryl methyl sites for hydroxylation is 1. The van der Waals surface area contributed by atoms with Crippen molar-refractivity contribution >= 4 is 27.5 Å². The van der Waals surface area contributed by atoms with Crippen LogP contribution in [0, 0.1) is 6.92 Å². The molecule has 0 aliphatic rings. The number of nitrogens with one attached hydrogen (secondary N) is 1. The Hall–Kier alpha value is -0.920. The van der Waals surface area contributed by atoms with Crippen LogP contribution in [0.1, 0.15) is 22.9 Å². The Kier molecular flexibility index (Phi) is 5.78. The third-order valence-corrected chi connectivity index (χ3v) is 4.11. The zero-order valence-corrected chi connectivity index (χ0v) is 14.3. The maximum atomic E-state index is 6.30. The molecule has 0 aliphatic heterocycles. The number of hydrogen-bond donors (Lipinski definition) is 2. The number of methoxy groups -OCH3 is 1.